The summed E-state index contributed by atoms with van der Waals surface area (Å²) in [6, 6.07) is 4.70. The number of nitrogens with zero attached hydrogens (tertiary/aromatic N) is 3. The first-order valence-electron chi connectivity index (χ1n) is 6.62. The van der Waals surface area contributed by atoms with E-state index in [1.54, 1.807) is 49.7 Å². The summed E-state index contributed by atoms with van der Waals surface area (Å²) in [5.41, 5.74) is 1.14. The average Bonchev–Trinajstić information content (AvgIpc) is 2.71. The number of aryl methyl sites for hydroxylation is 1. The molecule has 0 saturated heterocycles. The zero-order chi connectivity index (χ0) is 15.6. The van der Waals surface area contributed by atoms with Crippen LogP contribution in [0.3, 0.4) is 0 Å². The summed E-state index contributed by atoms with van der Waals surface area (Å²) < 4.78 is 20.8. The van der Waals surface area contributed by atoms with Crippen molar-refractivity contribution in [1.29, 1.82) is 0 Å². The Labute approximate surface area is 122 Å². The molecule has 5 nitrogen and oxygen atoms in total. The van der Waals surface area contributed by atoms with Crippen LogP contribution in [0.5, 0.6) is 0 Å². The first kappa shape index (κ1) is 15.0. The first-order chi connectivity index (χ1) is 9.97. The van der Waals surface area contributed by atoms with Gasteiger partial charge in [0.25, 0.3) is 0 Å². The molecule has 112 valence electrons. The minimum atomic E-state index is -0.512. The second kappa shape index (κ2) is 5.95. The van der Waals surface area contributed by atoms with E-state index < -0.39 is 11.8 Å². The summed E-state index contributed by atoms with van der Waals surface area (Å²) >= 11 is 0. The van der Waals surface area contributed by atoms with Gasteiger partial charge in [0.2, 0.25) is 0 Å². The van der Waals surface area contributed by atoms with Gasteiger partial charge in [-0.05, 0) is 19.1 Å². The highest BCUT2D eigenvalue weighted by molar-refractivity contribution is 6.06. The molecule has 0 fully saturated rings. The first-order valence-corrected chi connectivity index (χ1v) is 6.62. The largest absolute Gasteiger partial charge is 0.461 e. The van der Waals surface area contributed by atoms with Gasteiger partial charge < -0.3 is 14.2 Å². The fourth-order valence-electron chi connectivity index (χ4n) is 2.16. The van der Waals surface area contributed by atoms with Crippen LogP contribution in [0.1, 0.15) is 17.4 Å². The molecule has 0 aliphatic rings. The highest BCUT2D eigenvalue weighted by atomic mass is 19.1. The molecule has 0 atom stereocenters. The summed E-state index contributed by atoms with van der Waals surface area (Å²) in [4.78, 5) is 18.1. The summed E-state index contributed by atoms with van der Waals surface area (Å²) in [6.45, 7) is 1.98. The number of carbonyl (C=O) groups is 1. The van der Waals surface area contributed by atoms with Gasteiger partial charge in [-0.3, -0.25) is 0 Å². The standard InChI is InChI=1S/C15H18FN3O2/c1-5-21-15(20)14-13(17-9-18(2)3)12-10(16)7-6-8-11(12)19(14)4/h6-9H,5H2,1-4H3. The summed E-state index contributed by atoms with van der Waals surface area (Å²) in [5.74, 6) is -0.925. The summed E-state index contributed by atoms with van der Waals surface area (Å²) in [5, 5.41) is 0.321. The molecule has 1 aromatic heterocycles. The van der Waals surface area contributed by atoms with E-state index in [2.05, 4.69) is 4.99 Å². The number of aromatic nitrogens is 1. The summed E-state index contributed by atoms with van der Waals surface area (Å²) in [7, 11) is 5.30. The zero-order valence-electron chi connectivity index (χ0n) is 12.6. The molecule has 0 aliphatic carbocycles. The van der Waals surface area contributed by atoms with Crippen LogP contribution >= 0.6 is 0 Å². The predicted molar refractivity (Wildman–Crippen MR) is 80.7 cm³/mol. The fraction of sp³-hybridized carbons (Fsp3) is 0.333. The quantitative estimate of drug-likeness (QED) is 0.494. The Morgan fingerprint density at radius 3 is 2.81 bits per heavy atom. The molecular formula is C15H18FN3O2. The third-order valence-electron chi connectivity index (χ3n) is 3.04. The lowest BCUT2D eigenvalue weighted by Gasteiger charge is -2.06. The minimum Gasteiger partial charge on any atom is -0.461 e. The topological polar surface area (TPSA) is 46.8 Å². The third-order valence-corrected chi connectivity index (χ3v) is 3.04. The molecule has 0 amide bonds. The van der Waals surface area contributed by atoms with Gasteiger partial charge in [-0.1, -0.05) is 6.07 Å². The van der Waals surface area contributed by atoms with Gasteiger partial charge >= 0.3 is 5.97 Å². The van der Waals surface area contributed by atoms with Crippen molar-refractivity contribution in [3.63, 3.8) is 0 Å². The Bertz CT molecular complexity index is 704. The Balaban J connectivity index is 2.76. The molecule has 21 heavy (non-hydrogen) atoms. The van der Waals surface area contributed by atoms with Crippen LogP contribution in [0.25, 0.3) is 10.9 Å². The molecule has 6 heteroatoms. The van der Waals surface area contributed by atoms with Crippen LogP contribution in [0.15, 0.2) is 23.2 Å². The van der Waals surface area contributed by atoms with E-state index in [1.807, 2.05) is 0 Å². The summed E-state index contributed by atoms with van der Waals surface area (Å²) in [6.07, 6.45) is 1.53. The Morgan fingerprint density at radius 2 is 2.19 bits per heavy atom. The van der Waals surface area contributed by atoms with Crippen LogP contribution in [0, 0.1) is 5.82 Å². The van der Waals surface area contributed by atoms with Crippen molar-refractivity contribution in [2.45, 2.75) is 6.92 Å². The van der Waals surface area contributed by atoms with Gasteiger partial charge in [-0.15, -0.1) is 0 Å². The molecule has 2 rings (SSSR count). The average molecular weight is 291 g/mol. The van der Waals surface area contributed by atoms with Gasteiger partial charge in [-0.2, -0.15) is 0 Å². The van der Waals surface area contributed by atoms with E-state index in [0.717, 1.165) is 0 Å². The van der Waals surface area contributed by atoms with Crippen LogP contribution < -0.4 is 0 Å². The van der Waals surface area contributed by atoms with Gasteiger partial charge in [0.05, 0.1) is 23.8 Å². The SMILES string of the molecule is CCOC(=O)c1c(N=CN(C)C)c2c(F)cccc2n1C. The van der Waals surface area contributed by atoms with Crippen LogP contribution in [-0.2, 0) is 11.8 Å². The predicted octanol–water partition coefficient (Wildman–Crippen LogP) is 2.72. The number of benzene rings is 1. The van der Waals surface area contributed by atoms with Crippen molar-refractivity contribution in [2.24, 2.45) is 12.0 Å². The van der Waals surface area contributed by atoms with E-state index in [4.69, 9.17) is 4.74 Å². The number of aliphatic imine (C=N–C) groups is 1. The van der Waals surface area contributed by atoms with E-state index in [1.165, 1.54) is 12.4 Å². The van der Waals surface area contributed by atoms with Crippen molar-refractivity contribution in [3.05, 3.63) is 29.7 Å². The van der Waals surface area contributed by atoms with Crippen molar-refractivity contribution in [3.8, 4) is 0 Å². The monoisotopic (exact) mass is 291 g/mol. The lowest BCUT2D eigenvalue weighted by atomic mass is 10.2. The van der Waals surface area contributed by atoms with Crippen molar-refractivity contribution >= 4 is 28.9 Å². The molecule has 0 radical (unpaired) electrons. The van der Waals surface area contributed by atoms with Crippen molar-refractivity contribution in [2.75, 3.05) is 20.7 Å². The molecule has 1 aromatic carbocycles. The lowest BCUT2D eigenvalue weighted by Crippen LogP contribution is -2.11. The highest BCUT2D eigenvalue weighted by Gasteiger charge is 2.23. The second-order valence-electron chi connectivity index (χ2n) is 4.82. The normalized spacial score (nSPS) is 11.3. The van der Waals surface area contributed by atoms with Crippen molar-refractivity contribution in [1.82, 2.24) is 9.47 Å². The zero-order valence-corrected chi connectivity index (χ0v) is 12.6. The van der Waals surface area contributed by atoms with Gasteiger partial charge in [0, 0.05) is 21.1 Å². The maximum atomic E-state index is 14.2. The molecule has 0 unspecified atom stereocenters. The van der Waals surface area contributed by atoms with Crippen molar-refractivity contribution < 1.29 is 13.9 Å². The molecule has 2 aromatic rings. The van der Waals surface area contributed by atoms with Crippen LogP contribution in [0.4, 0.5) is 10.1 Å². The number of fused-ring (bicyclic) bond motifs is 1. The van der Waals surface area contributed by atoms with Crippen LogP contribution in [0.2, 0.25) is 0 Å². The van der Waals surface area contributed by atoms with Crippen LogP contribution in [-0.4, -0.2) is 42.5 Å². The number of hydrogen-bond donors (Lipinski definition) is 0. The fourth-order valence-corrected chi connectivity index (χ4v) is 2.16. The van der Waals surface area contributed by atoms with E-state index >= 15 is 0 Å². The maximum absolute atomic E-state index is 14.2. The van der Waals surface area contributed by atoms with E-state index in [0.29, 0.717) is 10.9 Å². The molecule has 0 N–H and O–H groups in total. The van der Waals surface area contributed by atoms with Gasteiger partial charge in [-0.25, -0.2) is 14.2 Å². The number of ether oxygens (including phenoxy) is 1. The number of hydrogen-bond acceptors (Lipinski definition) is 3. The number of rotatable bonds is 4. The number of halogens is 1. The van der Waals surface area contributed by atoms with Gasteiger partial charge in [0.15, 0.2) is 5.69 Å². The molecule has 0 bridgehead atoms. The third kappa shape index (κ3) is 2.74. The number of esters is 1. The molecular weight excluding hydrogens is 273 g/mol. The van der Waals surface area contributed by atoms with Gasteiger partial charge in [0.1, 0.15) is 11.5 Å². The second-order valence-corrected chi connectivity index (χ2v) is 4.82. The Kier molecular flexibility index (Phi) is 4.26. The Hall–Kier alpha value is -2.37. The van der Waals surface area contributed by atoms with E-state index in [9.17, 15) is 9.18 Å². The minimum absolute atomic E-state index is 0.245. The number of carbonyl (C=O) groups excluding carboxylic acids is 1. The molecule has 0 spiro atoms. The molecule has 0 aliphatic heterocycles. The molecule has 0 saturated carbocycles. The lowest BCUT2D eigenvalue weighted by molar-refractivity contribution is 0.0517. The molecule has 1 heterocycles. The highest BCUT2D eigenvalue weighted by Crippen LogP contribution is 2.35. The maximum Gasteiger partial charge on any atom is 0.357 e. The smallest absolute Gasteiger partial charge is 0.357 e. The van der Waals surface area contributed by atoms with E-state index in [-0.39, 0.29) is 18.0 Å². The Morgan fingerprint density at radius 1 is 1.48 bits per heavy atom.